The van der Waals surface area contributed by atoms with Crippen LogP contribution in [0.15, 0.2) is 34.9 Å². The molecule has 0 radical (unpaired) electrons. The minimum atomic E-state index is -0.938. The Hall–Kier alpha value is -3.96. The van der Waals surface area contributed by atoms with Crippen LogP contribution in [0.3, 0.4) is 0 Å². The maximum atomic E-state index is 11.0. The predicted molar refractivity (Wildman–Crippen MR) is 104 cm³/mol. The number of hydrogen-bond donors (Lipinski definition) is 2. The van der Waals surface area contributed by atoms with Gasteiger partial charge in [-0.2, -0.15) is 19.9 Å². The number of aromatic nitrogens is 5. The molecule has 1 saturated heterocycles. The number of piperazine rings is 1. The number of carboxylic acid groups (broad SMARTS) is 1. The second-order valence-corrected chi connectivity index (χ2v) is 6.37. The predicted octanol–water partition coefficient (Wildman–Crippen LogP) is 1.07. The van der Waals surface area contributed by atoms with Crippen LogP contribution < -0.4 is 15.5 Å². The van der Waals surface area contributed by atoms with E-state index in [4.69, 9.17) is 15.4 Å². The fourth-order valence-corrected chi connectivity index (χ4v) is 2.92. The summed E-state index contributed by atoms with van der Waals surface area (Å²) in [6.07, 6.45) is -0.938. The molecule has 4 rings (SSSR count). The van der Waals surface area contributed by atoms with E-state index >= 15 is 0 Å². The van der Waals surface area contributed by atoms with Gasteiger partial charge in [-0.15, -0.1) is 0 Å². The van der Waals surface area contributed by atoms with Crippen LogP contribution in [0, 0.1) is 0 Å². The molecular weight excluding hydrogens is 378 g/mol. The molecule has 1 aromatic carbocycles. The number of hydrogen-bond acceptors (Lipinski definition) is 10. The minimum absolute atomic E-state index is 0.0363. The molecule has 150 valence electrons. The molecule has 3 N–H and O–H groups in total. The number of benzene rings is 1. The van der Waals surface area contributed by atoms with Gasteiger partial charge < -0.3 is 30.1 Å². The van der Waals surface area contributed by atoms with Crippen LogP contribution >= 0.6 is 0 Å². The normalized spacial score (nSPS) is 14.1. The standard InChI is InChI=1S/C17H19N9O3/c1-24(11-5-3-2-4-6-11)15-20-12(19-14(18)22-15)13-21-16(29-23-13)25-7-9-26(10-8-25)17(27)28/h2-6H,7-10H2,1H3,(H,27,28)(H2,18,19,20,22). The molecule has 29 heavy (non-hydrogen) atoms. The van der Waals surface area contributed by atoms with Gasteiger partial charge in [0, 0.05) is 38.9 Å². The van der Waals surface area contributed by atoms with Crippen LogP contribution in [0.1, 0.15) is 0 Å². The molecule has 1 aliphatic heterocycles. The van der Waals surface area contributed by atoms with Crippen molar-refractivity contribution in [2.45, 2.75) is 0 Å². The lowest BCUT2D eigenvalue weighted by Gasteiger charge is -2.31. The van der Waals surface area contributed by atoms with Crippen LogP contribution in [-0.4, -0.2) is 74.4 Å². The van der Waals surface area contributed by atoms with Crippen molar-refractivity contribution in [2.75, 3.05) is 48.8 Å². The lowest BCUT2D eigenvalue weighted by Crippen LogP contribution is -2.48. The van der Waals surface area contributed by atoms with Crippen molar-refractivity contribution in [3.63, 3.8) is 0 Å². The third-order valence-corrected chi connectivity index (χ3v) is 4.52. The lowest BCUT2D eigenvalue weighted by atomic mass is 10.3. The summed E-state index contributed by atoms with van der Waals surface area (Å²) >= 11 is 0. The van der Waals surface area contributed by atoms with Crippen LogP contribution in [0.5, 0.6) is 0 Å². The van der Waals surface area contributed by atoms with E-state index in [0.29, 0.717) is 32.1 Å². The first kappa shape index (κ1) is 18.4. The van der Waals surface area contributed by atoms with Crippen molar-refractivity contribution in [3.8, 4) is 11.6 Å². The molecule has 0 saturated carbocycles. The first-order chi connectivity index (χ1) is 14.0. The zero-order valence-electron chi connectivity index (χ0n) is 15.6. The van der Waals surface area contributed by atoms with E-state index in [2.05, 4.69) is 25.1 Å². The summed E-state index contributed by atoms with van der Waals surface area (Å²) in [6, 6.07) is 9.86. The number of rotatable bonds is 4. The van der Waals surface area contributed by atoms with E-state index < -0.39 is 6.09 Å². The van der Waals surface area contributed by atoms with Gasteiger partial charge in [0.1, 0.15) is 0 Å². The second kappa shape index (κ2) is 7.58. The number of amides is 1. The number of carbonyl (C=O) groups is 1. The van der Waals surface area contributed by atoms with Gasteiger partial charge in [0.05, 0.1) is 0 Å². The molecule has 2 aromatic heterocycles. The fourth-order valence-electron chi connectivity index (χ4n) is 2.92. The van der Waals surface area contributed by atoms with E-state index in [9.17, 15) is 4.79 Å². The highest BCUT2D eigenvalue weighted by atomic mass is 16.5. The second-order valence-electron chi connectivity index (χ2n) is 6.37. The first-order valence-corrected chi connectivity index (χ1v) is 8.88. The zero-order chi connectivity index (χ0) is 20.4. The molecule has 0 unspecified atom stereocenters. The molecule has 3 heterocycles. The first-order valence-electron chi connectivity index (χ1n) is 8.88. The molecule has 0 spiro atoms. The van der Waals surface area contributed by atoms with Gasteiger partial charge in [-0.25, -0.2) is 4.79 Å². The van der Waals surface area contributed by atoms with Crippen molar-refractivity contribution in [1.82, 2.24) is 30.0 Å². The van der Waals surface area contributed by atoms with Gasteiger partial charge in [0.2, 0.25) is 23.5 Å². The van der Waals surface area contributed by atoms with Crippen LogP contribution in [0.2, 0.25) is 0 Å². The molecule has 0 aliphatic carbocycles. The maximum Gasteiger partial charge on any atom is 0.407 e. The average Bonchev–Trinajstić information content (AvgIpc) is 3.24. The van der Waals surface area contributed by atoms with Crippen LogP contribution in [0.25, 0.3) is 11.6 Å². The summed E-state index contributed by atoms with van der Waals surface area (Å²) in [4.78, 5) is 33.0. The number of para-hydroxylation sites is 1. The Kier molecular flexibility index (Phi) is 4.81. The summed E-state index contributed by atoms with van der Waals surface area (Å²) in [7, 11) is 1.82. The highest BCUT2D eigenvalue weighted by Crippen LogP contribution is 2.23. The Bertz CT molecular complexity index is 1000. The highest BCUT2D eigenvalue weighted by Gasteiger charge is 2.25. The topological polar surface area (TPSA) is 151 Å². The van der Waals surface area contributed by atoms with E-state index in [1.807, 2.05) is 42.3 Å². The van der Waals surface area contributed by atoms with Crippen molar-refractivity contribution < 1.29 is 14.4 Å². The smallest absolute Gasteiger partial charge is 0.407 e. The van der Waals surface area contributed by atoms with Crippen LogP contribution in [-0.2, 0) is 0 Å². The highest BCUT2D eigenvalue weighted by molar-refractivity contribution is 5.65. The monoisotopic (exact) mass is 397 g/mol. The number of nitrogen functional groups attached to an aromatic ring is 1. The van der Waals surface area contributed by atoms with Gasteiger partial charge in [-0.1, -0.05) is 23.4 Å². The SMILES string of the molecule is CN(c1ccccc1)c1nc(N)nc(-c2noc(N3CCN(C(=O)O)CC3)n2)n1. The fraction of sp³-hybridized carbons (Fsp3) is 0.294. The Morgan fingerprint density at radius 1 is 1.07 bits per heavy atom. The van der Waals surface area contributed by atoms with Gasteiger partial charge >= 0.3 is 12.1 Å². The van der Waals surface area contributed by atoms with Crippen molar-refractivity contribution >= 4 is 29.7 Å². The molecule has 0 atom stereocenters. The van der Waals surface area contributed by atoms with E-state index in [1.54, 1.807) is 4.90 Å². The molecule has 1 amide bonds. The Balaban J connectivity index is 1.55. The molecule has 0 bridgehead atoms. The largest absolute Gasteiger partial charge is 0.465 e. The van der Waals surface area contributed by atoms with E-state index in [0.717, 1.165) is 5.69 Å². The van der Waals surface area contributed by atoms with Crippen LogP contribution in [0.4, 0.5) is 28.4 Å². The Morgan fingerprint density at radius 2 is 1.79 bits per heavy atom. The third-order valence-electron chi connectivity index (χ3n) is 4.52. The molecular formula is C17H19N9O3. The third kappa shape index (κ3) is 3.85. The van der Waals surface area contributed by atoms with E-state index in [1.165, 1.54) is 4.90 Å². The maximum absolute atomic E-state index is 11.0. The summed E-state index contributed by atoms with van der Waals surface area (Å²) in [6.45, 7) is 1.63. The minimum Gasteiger partial charge on any atom is -0.465 e. The summed E-state index contributed by atoms with van der Waals surface area (Å²) in [5.74, 6) is 0.751. The average molecular weight is 397 g/mol. The Morgan fingerprint density at radius 3 is 2.48 bits per heavy atom. The van der Waals surface area contributed by atoms with Gasteiger partial charge in [-0.05, 0) is 12.1 Å². The molecule has 3 aromatic rings. The van der Waals surface area contributed by atoms with Gasteiger partial charge in [0.15, 0.2) is 0 Å². The molecule has 1 fully saturated rings. The number of nitrogens with zero attached hydrogens (tertiary/aromatic N) is 8. The lowest BCUT2D eigenvalue weighted by molar-refractivity contribution is 0.141. The van der Waals surface area contributed by atoms with Gasteiger partial charge in [-0.3, -0.25) is 0 Å². The number of anilines is 4. The summed E-state index contributed by atoms with van der Waals surface area (Å²) < 4.78 is 5.32. The van der Waals surface area contributed by atoms with Crippen molar-refractivity contribution in [1.29, 1.82) is 0 Å². The summed E-state index contributed by atoms with van der Waals surface area (Å²) in [5.41, 5.74) is 6.74. The summed E-state index contributed by atoms with van der Waals surface area (Å²) in [5, 5.41) is 13.0. The van der Waals surface area contributed by atoms with Crippen molar-refractivity contribution in [3.05, 3.63) is 30.3 Å². The van der Waals surface area contributed by atoms with E-state index in [-0.39, 0.29) is 23.6 Å². The number of nitrogens with two attached hydrogens (primary N) is 1. The van der Waals surface area contributed by atoms with Gasteiger partial charge in [0.25, 0.3) is 0 Å². The molecule has 12 heteroatoms. The van der Waals surface area contributed by atoms with Crippen molar-refractivity contribution in [2.24, 2.45) is 0 Å². The molecule has 12 nitrogen and oxygen atoms in total. The Labute approximate surface area is 165 Å². The quantitative estimate of drug-likeness (QED) is 0.650. The molecule has 1 aliphatic rings. The zero-order valence-corrected chi connectivity index (χ0v) is 15.6.